The number of fused-ring (bicyclic) bond motifs is 3. The Balaban J connectivity index is 1.45. The molecule has 4 heterocycles. The molecule has 0 unspecified atom stereocenters. The number of rotatable bonds is 4. The third-order valence-corrected chi connectivity index (χ3v) is 6.53. The lowest BCUT2D eigenvalue weighted by Gasteiger charge is -2.27. The summed E-state index contributed by atoms with van der Waals surface area (Å²) in [5.41, 5.74) is 4.85. The summed E-state index contributed by atoms with van der Waals surface area (Å²) in [7, 11) is 2.04. The number of hydrogen-bond donors (Lipinski definition) is 0. The van der Waals surface area contributed by atoms with Crippen LogP contribution >= 0.6 is 0 Å². The van der Waals surface area contributed by atoms with Crippen molar-refractivity contribution >= 4 is 27.8 Å². The van der Waals surface area contributed by atoms with Gasteiger partial charge in [0, 0.05) is 49.4 Å². The zero-order chi connectivity index (χ0) is 24.9. The molecule has 0 saturated heterocycles. The van der Waals surface area contributed by atoms with Gasteiger partial charge in [-0.15, -0.1) is 0 Å². The van der Waals surface area contributed by atoms with E-state index in [1.54, 1.807) is 12.4 Å². The molecule has 180 valence electrons. The summed E-state index contributed by atoms with van der Waals surface area (Å²) in [5, 5.41) is 5.26. The first-order valence-electron chi connectivity index (χ1n) is 12.1. The molecular weight excluding hydrogens is 448 g/mol. The molecule has 0 saturated carbocycles. The normalized spacial score (nSPS) is 13.8. The van der Waals surface area contributed by atoms with Gasteiger partial charge >= 0.3 is 0 Å². The monoisotopic (exact) mass is 476 g/mol. The Morgan fingerprint density at radius 1 is 0.861 bits per heavy atom. The van der Waals surface area contributed by atoms with E-state index in [0.717, 1.165) is 51.6 Å². The second-order valence-corrected chi connectivity index (χ2v) is 10.0. The van der Waals surface area contributed by atoms with Crippen LogP contribution in [0.25, 0.3) is 27.9 Å². The van der Waals surface area contributed by atoms with Crippen LogP contribution in [0.1, 0.15) is 26.3 Å². The Labute approximate surface area is 210 Å². The highest BCUT2D eigenvalue weighted by Gasteiger charge is 2.19. The topological polar surface area (TPSA) is 59.3 Å². The van der Waals surface area contributed by atoms with Gasteiger partial charge in [0.05, 0.1) is 17.7 Å². The number of aromatic nitrogens is 4. The second-order valence-electron chi connectivity index (χ2n) is 10.0. The van der Waals surface area contributed by atoms with Gasteiger partial charge in [-0.2, -0.15) is 0 Å². The Kier molecular flexibility index (Phi) is 5.14. The fourth-order valence-corrected chi connectivity index (χ4v) is 4.64. The lowest BCUT2D eigenvalue weighted by atomic mass is 9.88. The van der Waals surface area contributed by atoms with E-state index in [1.807, 2.05) is 43.6 Å². The van der Waals surface area contributed by atoms with Gasteiger partial charge in [-0.05, 0) is 53.5 Å². The molecule has 0 N–H and O–H groups in total. The van der Waals surface area contributed by atoms with Gasteiger partial charge in [0.1, 0.15) is 22.8 Å². The van der Waals surface area contributed by atoms with Crippen molar-refractivity contribution in [2.75, 3.05) is 18.6 Å². The molecule has 2 aromatic carbocycles. The van der Waals surface area contributed by atoms with Gasteiger partial charge in [-0.3, -0.25) is 19.6 Å². The van der Waals surface area contributed by atoms with Gasteiger partial charge < -0.3 is 4.74 Å². The molecule has 36 heavy (non-hydrogen) atoms. The molecule has 5 aromatic rings. The van der Waals surface area contributed by atoms with Crippen molar-refractivity contribution in [3.8, 4) is 17.3 Å². The van der Waals surface area contributed by atoms with Crippen LogP contribution in [0.4, 0.5) is 5.69 Å². The van der Waals surface area contributed by atoms with E-state index < -0.39 is 0 Å². The molecule has 1 aliphatic rings. The van der Waals surface area contributed by atoms with Crippen LogP contribution < -0.4 is 9.75 Å². The average Bonchev–Trinajstić information content (AvgIpc) is 3.44. The van der Waals surface area contributed by atoms with Gasteiger partial charge in [0.15, 0.2) is 5.65 Å². The van der Waals surface area contributed by atoms with Crippen LogP contribution in [-0.2, 0) is 5.41 Å². The Hall–Kier alpha value is -4.39. The van der Waals surface area contributed by atoms with E-state index in [4.69, 9.17) is 9.72 Å². The summed E-state index contributed by atoms with van der Waals surface area (Å²) in [4.78, 5) is 14.0. The SMILES string of the molecule is CN1C=CCN1c1cccc(Oc2ccc3c4nccnc4n(-c4cc(C(C)(C)C)ccn4)c3c2)c1. The lowest BCUT2D eigenvalue weighted by molar-refractivity contribution is 0.451. The summed E-state index contributed by atoms with van der Waals surface area (Å²) in [6.07, 6.45) is 9.50. The highest BCUT2D eigenvalue weighted by atomic mass is 16.5. The first-order valence-corrected chi connectivity index (χ1v) is 12.1. The van der Waals surface area contributed by atoms with Crippen molar-refractivity contribution in [3.05, 3.63) is 91.0 Å². The molecule has 7 nitrogen and oxygen atoms in total. The highest BCUT2D eigenvalue weighted by Crippen LogP contribution is 2.35. The van der Waals surface area contributed by atoms with Crippen LogP contribution in [-0.4, -0.2) is 38.1 Å². The van der Waals surface area contributed by atoms with E-state index in [1.165, 1.54) is 5.56 Å². The van der Waals surface area contributed by atoms with E-state index in [0.29, 0.717) is 0 Å². The molecule has 0 radical (unpaired) electrons. The quantitative estimate of drug-likeness (QED) is 0.306. The number of hydrogen-bond acceptors (Lipinski definition) is 6. The summed E-state index contributed by atoms with van der Waals surface area (Å²) in [6.45, 7) is 7.45. The number of anilines is 1. The van der Waals surface area contributed by atoms with Crippen LogP contribution in [0.2, 0.25) is 0 Å². The first kappa shape index (κ1) is 22.1. The molecule has 6 rings (SSSR count). The Bertz CT molecular complexity index is 1610. The molecule has 3 aromatic heterocycles. The van der Waals surface area contributed by atoms with Gasteiger partial charge in [0.25, 0.3) is 0 Å². The van der Waals surface area contributed by atoms with Crippen molar-refractivity contribution in [1.82, 2.24) is 24.5 Å². The van der Waals surface area contributed by atoms with Crippen LogP contribution in [0.5, 0.6) is 11.5 Å². The maximum atomic E-state index is 6.35. The van der Waals surface area contributed by atoms with Crippen LogP contribution in [0.3, 0.4) is 0 Å². The van der Waals surface area contributed by atoms with E-state index >= 15 is 0 Å². The Morgan fingerprint density at radius 3 is 2.50 bits per heavy atom. The predicted octanol–water partition coefficient (Wildman–Crippen LogP) is 6.24. The van der Waals surface area contributed by atoms with Crippen molar-refractivity contribution in [1.29, 1.82) is 0 Å². The smallest absolute Gasteiger partial charge is 0.165 e. The average molecular weight is 477 g/mol. The number of benzene rings is 2. The van der Waals surface area contributed by atoms with Crippen molar-refractivity contribution < 1.29 is 4.74 Å². The molecule has 7 heteroatoms. The van der Waals surface area contributed by atoms with Crippen molar-refractivity contribution in [2.24, 2.45) is 0 Å². The van der Waals surface area contributed by atoms with Gasteiger partial charge in [-0.25, -0.2) is 9.97 Å². The maximum absolute atomic E-state index is 6.35. The van der Waals surface area contributed by atoms with E-state index in [9.17, 15) is 0 Å². The molecule has 1 aliphatic heterocycles. The zero-order valence-corrected chi connectivity index (χ0v) is 20.9. The summed E-state index contributed by atoms with van der Waals surface area (Å²) < 4.78 is 8.42. The minimum atomic E-state index is 0.000344. The third kappa shape index (κ3) is 3.82. The fourth-order valence-electron chi connectivity index (χ4n) is 4.64. The Morgan fingerprint density at radius 2 is 1.69 bits per heavy atom. The maximum Gasteiger partial charge on any atom is 0.165 e. The standard InChI is InChI=1S/C29H28N6O/c1-29(2,3)20-11-12-30-26(17-20)35-25-19-23(9-10-24(25)27-28(35)32-14-13-31-27)36-22-8-5-7-21(18-22)34-16-6-15-33(34)4/h5-15,17-19H,16H2,1-4H3. The van der Waals surface area contributed by atoms with E-state index in [-0.39, 0.29) is 5.41 Å². The number of pyridine rings is 1. The second kappa shape index (κ2) is 8.37. The molecule has 0 fully saturated rings. The minimum Gasteiger partial charge on any atom is -0.457 e. The van der Waals surface area contributed by atoms with Crippen LogP contribution in [0.15, 0.2) is 85.5 Å². The predicted molar refractivity (Wildman–Crippen MR) is 144 cm³/mol. The van der Waals surface area contributed by atoms with Crippen molar-refractivity contribution in [2.45, 2.75) is 26.2 Å². The first-order chi connectivity index (χ1) is 17.4. The number of ether oxygens (including phenoxy) is 1. The summed E-state index contributed by atoms with van der Waals surface area (Å²) >= 11 is 0. The summed E-state index contributed by atoms with van der Waals surface area (Å²) in [6, 6.07) is 18.4. The molecule has 0 bridgehead atoms. The summed E-state index contributed by atoms with van der Waals surface area (Å²) in [5.74, 6) is 2.33. The van der Waals surface area contributed by atoms with E-state index in [2.05, 4.69) is 81.9 Å². The van der Waals surface area contributed by atoms with Crippen LogP contribution in [0, 0.1) is 0 Å². The molecule has 0 atom stereocenters. The zero-order valence-electron chi connectivity index (χ0n) is 20.9. The number of hydrazine groups is 1. The number of nitrogens with zero attached hydrogens (tertiary/aromatic N) is 6. The minimum absolute atomic E-state index is 0.000344. The third-order valence-electron chi connectivity index (χ3n) is 6.53. The largest absolute Gasteiger partial charge is 0.457 e. The molecular formula is C29H28N6O. The van der Waals surface area contributed by atoms with Gasteiger partial charge in [-0.1, -0.05) is 26.8 Å². The lowest BCUT2D eigenvalue weighted by Crippen LogP contribution is -2.31. The molecule has 0 aliphatic carbocycles. The molecule has 0 spiro atoms. The van der Waals surface area contributed by atoms with Gasteiger partial charge in [0.2, 0.25) is 0 Å². The highest BCUT2D eigenvalue weighted by molar-refractivity contribution is 6.05. The van der Waals surface area contributed by atoms with Crippen molar-refractivity contribution in [3.63, 3.8) is 0 Å². The fraction of sp³-hybridized carbons (Fsp3) is 0.207. The molecule has 0 amide bonds.